The average Bonchev–Trinajstić information content (AvgIpc) is 2.53. The van der Waals surface area contributed by atoms with Gasteiger partial charge in [0.1, 0.15) is 0 Å². The van der Waals surface area contributed by atoms with E-state index >= 15 is 0 Å². The predicted octanol–water partition coefficient (Wildman–Crippen LogP) is 1.80. The maximum atomic E-state index is 13.4. The molecule has 1 aromatic rings. The summed E-state index contributed by atoms with van der Waals surface area (Å²) in [5.74, 6) is -0.100. The summed E-state index contributed by atoms with van der Waals surface area (Å²) < 4.78 is 18.2. The lowest BCUT2D eigenvalue weighted by Crippen LogP contribution is -1.96. The van der Waals surface area contributed by atoms with Crippen LogP contribution in [0.3, 0.4) is 0 Å². The van der Waals surface area contributed by atoms with Crippen LogP contribution in [0.1, 0.15) is 11.3 Å². The van der Waals surface area contributed by atoms with Crippen molar-refractivity contribution in [3.8, 4) is 5.75 Å². The smallest absolute Gasteiger partial charge is 0.175 e. The number of ether oxygens (including phenoxy) is 1. The van der Waals surface area contributed by atoms with E-state index in [1.165, 1.54) is 13.3 Å². The van der Waals surface area contributed by atoms with Gasteiger partial charge in [0.2, 0.25) is 0 Å². The number of rotatable bonds is 1. The van der Waals surface area contributed by atoms with Gasteiger partial charge in [0.25, 0.3) is 0 Å². The van der Waals surface area contributed by atoms with Crippen LogP contribution in [0.4, 0.5) is 4.39 Å². The fraction of sp³-hybridized carbons (Fsp3) is 0.222. The minimum absolute atomic E-state index is 0.209. The number of pyridine rings is 1. The summed E-state index contributed by atoms with van der Waals surface area (Å²) in [4.78, 5) is 4.06. The van der Waals surface area contributed by atoms with E-state index in [2.05, 4.69) is 4.98 Å². The Labute approximate surface area is 69.7 Å². The van der Waals surface area contributed by atoms with Crippen molar-refractivity contribution in [2.45, 2.75) is 6.42 Å². The molecule has 0 aromatic carbocycles. The van der Waals surface area contributed by atoms with Gasteiger partial charge in [-0.15, -0.1) is 0 Å². The summed E-state index contributed by atoms with van der Waals surface area (Å²) in [6, 6.07) is 0. The molecule has 0 bridgehead atoms. The van der Waals surface area contributed by atoms with Crippen molar-refractivity contribution in [3.05, 3.63) is 29.3 Å². The van der Waals surface area contributed by atoms with Gasteiger partial charge in [-0.25, -0.2) is 4.39 Å². The molecule has 2 nitrogen and oxygen atoms in total. The highest BCUT2D eigenvalue weighted by Crippen LogP contribution is 2.26. The van der Waals surface area contributed by atoms with Crippen LogP contribution in [0.15, 0.2) is 12.3 Å². The van der Waals surface area contributed by atoms with Crippen molar-refractivity contribution >= 4 is 6.08 Å². The molecule has 0 unspecified atom stereocenters. The Morgan fingerprint density at radius 1 is 1.58 bits per heavy atom. The van der Waals surface area contributed by atoms with E-state index in [9.17, 15) is 4.39 Å². The van der Waals surface area contributed by atoms with E-state index in [-0.39, 0.29) is 11.6 Å². The second-order valence-corrected chi connectivity index (χ2v) is 2.61. The fourth-order valence-electron chi connectivity index (χ4n) is 1.28. The molecule has 0 atom stereocenters. The molecule has 0 N–H and O–H groups in total. The quantitative estimate of drug-likeness (QED) is 0.633. The molecule has 1 aliphatic carbocycles. The van der Waals surface area contributed by atoms with Crippen molar-refractivity contribution in [1.29, 1.82) is 0 Å². The van der Waals surface area contributed by atoms with Gasteiger partial charge in [-0.05, 0) is 0 Å². The number of aromatic nitrogens is 1. The molecule has 0 amide bonds. The maximum Gasteiger partial charge on any atom is 0.175 e. The molecule has 0 saturated heterocycles. The topological polar surface area (TPSA) is 22.1 Å². The number of hydrogen-bond donors (Lipinski definition) is 0. The molecule has 1 heterocycles. The highest BCUT2D eigenvalue weighted by molar-refractivity contribution is 5.60. The summed E-state index contributed by atoms with van der Waals surface area (Å²) in [5.41, 5.74) is 1.35. The van der Waals surface area contributed by atoms with Crippen LogP contribution in [0.25, 0.3) is 6.08 Å². The third kappa shape index (κ3) is 0.897. The van der Waals surface area contributed by atoms with Gasteiger partial charge in [-0.3, -0.25) is 4.98 Å². The number of methoxy groups -OCH3 is 1. The Kier molecular flexibility index (Phi) is 1.57. The third-order valence-electron chi connectivity index (χ3n) is 1.92. The third-order valence-corrected chi connectivity index (χ3v) is 1.92. The molecular formula is C9H8FNO. The lowest BCUT2D eigenvalue weighted by Gasteiger charge is -2.04. The minimum Gasteiger partial charge on any atom is -0.492 e. The molecule has 0 spiro atoms. The van der Waals surface area contributed by atoms with Crippen LogP contribution in [0.5, 0.6) is 5.75 Å². The summed E-state index contributed by atoms with van der Waals surface area (Å²) in [5, 5.41) is 0. The van der Waals surface area contributed by atoms with Crippen LogP contribution in [-0.2, 0) is 6.42 Å². The van der Waals surface area contributed by atoms with Crippen molar-refractivity contribution in [3.63, 3.8) is 0 Å². The normalized spacial score (nSPS) is 13.2. The van der Waals surface area contributed by atoms with Gasteiger partial charge in [0.05, 0.1) is 19.0 Å². The van der Waals surface area contributed by atoms with Crippen molar-refractivity contribution < 1.29 is 9.13 Å². The van der Waals surface area contributed by atoms with Gasteiger partial charge in [-0.2, -0.15) is 0 Å². The predicted molar refractivity (Wildman–Crippen MR) is 43.5 cm³/mol. The average molecular weight is 165 g/mol. The maximum absolute atomic E-state index is 13.4. The van der Waals surface area contributed by atoms with Gasteiger partial charge < -0.3 is 4.74 Å². The highest BCUT2D eigenvalue weighted by atomic mass is 19.1. The summed E-state index contributed by atoms with van der Waals surface area (Å²) in [6.45, 7) is 0. The summed E-state index contributed by atoms with van der Waals surface area (Å²) in [7, 11) is 1.44. The summed E-state index contributed by atoms with van der Waals surface area (Å²) in [6.07, 6.45) is 5.76. The first-order chi connectivity index (χ1) is 5.83. The SMILES string of the molecule is COc1cnc2c(c1F)C=CC2. The Morgan fingerprint density at radius 2 is 2.42 bits per heavy atom. The molecule has 1 aromatic heterocycles. The minimum atomic E-state index is -0.309. The van der Waals surface area contributed by atoms with Gasteiger partial charge in [0.15, 0.2) is 11.6 Å². The van der Waals surface area contributed by atoms with Crippen molar-refractivity contribution in [2.24, 2.45) is 0 Å². The van der Waals surface area contributed by atoms with E-state index in [0.29, 0.717) is 5.56 Å². The lowest BCUT2D eigenvalue weighted by atomic mass is 10.2. The summed E-state index contributed by atoms with van der Waals surface area (Å²) >= 11 is 0. The van der Waals surface area contributed by atoms with Crippen molar-refractivity contribution in [1.82, 2.24) is 4.98 Å². The van der Waals surface area contributed by atoms with Gasteiger partial charge in [0, 0.05) is 12.0 Å². The number of nitrogens with zero attached hydrogens (tertiary/aromatic N) is 1. The van der Waals surface area contributed by atoms with Gasteiger partial charge in [-0.1, -0.05) is 12.2 Å². The molecule has 12 heavy (non-hydrogen) atoms. The zero-order chi connectivity index (χ0) is 8.55. The Bertz CT molecular complexity index is 347. The second-order valence-electron chi connectivity index (χ2n) is 2.61. The zero-order valence-corrected chi connectivity index (χ0v) is 6.67. The van der Waals surface area contributed by atoms with Gasteiger partial charge >= 0.3 is 0 Å². The molecule has 2 rings (SSSR count). The standard InChI is InChI=1S/C9H8FNO/c1-12-8-5-11-7-4-2-3-6(7)9(8)10/h2-3,5H,4H2,1H3. The molecule has 0 aliphatic heterocycles. The number of halogens is 1. The molecule has 0 saturated carbocycles. The largest absolute Gasteiger partial charge is 0.492 e. The molecular weight excluding hydrogens is 157 g/mol. The highest BCUT2D eigenvalue weighted by Gasteiger charge is 2.15. The number of fused-ring (bicyclic) bond motifs is 1. The molecule has 3 heteroatoms. The fourth-order valence-corrected chi connectivity index (χ4v) is 1.28. The van der Waals surface area contributed by atoms with Crippen LogP contribution in [-0.4, -0.2) is 12.1 Å². The first kappa shape index (κ1) is 7.28. The molecule has 1 aliphatic rings. The van der Waals surface area contributed by atoms with Crippen LogP contribution < -0.4 is 4.74 Å². The number of hydrogen-bond acceptors (Lipinski definition) is 2. The van der Waals surface area contributed by atoms with Crippen LogP contribution in [0, 0.1) is 5.82 Å². The molecule has 0 fully saturated rings. The first-order valence-corrected chi connectivity index (χ1v) is 3.71. The van der Waals surface area contributed by atoms with Crippen molar-refractivity contribution in [2.75, 3.05) is 7.11 Å². The first-order valence-electron chi connectivity index (χ1n) is 3.71. The molecule has 0 radical (unpaired) electrons. The second kappa shape index (κ2) is 2.59. The monoisotopic (exact) mass is 165 g/mol. The lowest BCUT2D eigenvalue weighted by molar-refractivity contribution is 0.383. The van der Waals surface area contributed by atoms with E-state index < -0.39 is 0 Å². The van der Waals surface area contributed by atoms with E-state index in [4.69, 9.17) is 4.74 Å². The Balaban J connectivity index is 2.60. The van der Waals surface area contributed by atoms with E-state index in [0.717, 1.165) is 12.1 Å². The van der Waals surface area contributed by atoms with Crippen LogP contribution in [0.2, 0.25) is 0 Å². The Morgan fingerprint density at radius 3 is 3.17 bits per heavy atom. The van der Waals surface area contributed by atoms with Crippen LogP contribution >= 0.6 is 0 Å². The van der Waals surface area contributed by atoms with E-state index in [1.54, 1.807) is 6.08 Å². The van der Waals surface area contributed by atoms with E-state index in [1.807, 2.05) is 6.08 Å². The zero-order valence-electron chi connectivity index (χ0n) is 6.67. The Hall–Kier alpha value is -1.38. The number of allylic oxidation sites excluding steroid dienone is 1. The molecule has 62 valence electrons.